The Morgan fingerprint density at radius 2 is 1.53 bits per heavy atom. The van der Waals surface area contributed by atoms with Crippen molar-refractivity contribution in [2.75, 3.05) is 35.8 Å². The minimum atomic E-state index is -0.963. The molecule has 0 bridgehead atoms. The van der Waals surface area contributed by atoms with Crippen molar-refractivity contribution in [2.45, 2.75) is 63.7 Å². The van der Waals surface area contributed by atoms with E-state index < -0.39 is 35.8 Å². The molecule has 59 heavy (non-hydrogen) atoms. The average Bonchev–Trinajstić information content (AvgIpc) is 3.76. The highest BCUT2D eigenvalue weighted by atomic mass is 35.5. The lowest BCUT2D eigenvalue weighted by molar-refractivity contribution is -0.118. The van der Waals surface area contributed by atoms with Crippen LogP contribution in [0.15, 0.2) is 103 Å². The van der Waals surface area contributed by atoms with Crippen LogP contribution in [0.3, 0.4) is 0 Å². The van der Waals surface area contributed by atoms with Crippen molar-refractivity contribution in [2.24, 2.45) is 5.73 Å². The summed E-state index contributed by atoms with van der Waals surface area (Å²) in [6.45, 7) is 6.44. The number of primary amides is 1. The number of alkyl halides is 1. The summed E-state index contributed by atoms with van der Waals surface area (Å²) < 4.78 is 17.9. The molecule has 0 spiro atoms. The summed E-state index contributed by atoms with van der Waals surface area (Å²) in [5.74, 6) is 0.295. The van der Waals surface area contributed by atoms with Gasteiger partial charge in [-0.1, -0.05) is 84.9 Å². The van der Waals surface area contributed by atoms with Crippen molar-refractivity contribution in [3.05, 3.63) is 125 Å². The van der Waals surface area contributed by atoms with Gasteiger partial charge in [0.2, 0.25) is 5.91 Å². The van der Waals surface area contributed by atoms with Gasteiger partial charge >= 0.3 is 18.2 Å². The molecule has 5 amide bonds. The third-order valence-corrected chi connectivity index (χ3v) is 10.8. The van der Waals surface area contributed by atoms with Gasteiger partial charge in [-0.3, -0.25) is 9.69 Å². The van der Waals surface area contributed by atoms with Crippen LogP contribution >= 0.6 is 11.6 Å². The molecule has 1 heterocycles. The maximum atomic E-state index is 13.6. The van der Waals surface area contributed by atoms with Crippen molar-refractivity contribution in [1.82, 2.24) is 10.6 Å². The summed E-state index contributed by atoms with van der Waals surface area (Å²) in [7, 11) is 0. The molecule has 13 heteroatoms. The molecule has 0 radical (unpaired) electrons. The number of hydrogen-bond acceptors (Lipinski definition) is 7. The molecule has 1 aliphatic heterocycles. The Morgan fingerprint density at radius 3 is 2.17 bits per heavy atom. The number of benzene rings is 5. The number of amides is 5. The smallest absolute Gasteiger partial charge is 0.414 e. The SMILES string of the molecule is CC(C)(C)OC(=O)N1C[C@@H](CCl)c2c1cc(OCc1ccc(NC(=O)C(CCCNC(N)=O)NC(=O)OCC3c4ccccc4-c4ccccc43)cc1)c1ccccc21. The summed E-state index contributed by atoms with van der Waals surface area (Å²) in [5, 5.41) is 10.0. The number of urea groups is 1. The van der Waals surface area contributed by atoms with E-state index in [1.54, 1.807) is 17.0 Å². The van der Waals surface area contributed by atoms with Crippen molar-refractivity contribution in [3.8, 4) is 16.9 Å². The van der Waals surface area contributed by atoms with Gasteiger partial charge in [-0.05, 0) is 84.5 Å². The fraction of sp³-hybridized carbons (Fsp3) is 0.304. The molecule has 1 aliphatic carbocycles. The Kier molecular flexibility index (Phi) is 12.3. The fourth-order valence-electron chi connectivity index (χ4n) is 7.79. The number of carbonyl (C=O) groups is 4. The average molecular weight is 818 g/mol. The zero-order valence-electron chi connectivity index (χ0n) is 33.3. The summed E-state index contributed by atoms with van der Waals surface area (Å²) in [6.07, 6.45) is -0.578. The second-order valence-electron chi connectivity index (χ2n) is 15.7. The Labute approximate surface area is 348 Å². The first-order valence-electron chi connectivity index (χ1n) is 19.7. The minimum Gasteiger partial charge on any atom is -0.488 e. The number of ether oxygens (including phenoxy) is 3. The molecule has 306 valence electrons. The highest BCUT2D eigenvalue weighted by molar-refractivity contribution is 6.19. The molecule has 0 saturated heterocycles. The standard InChI is InChI=1S/C46H48ClN5O7/c1-46(2,3)59-45(56)52-25-29(24-47)41-36-16-9-8-15-35(36)40(23-39(41)52)57-26-28-18-20-30(21-19-28)50-42(53)38(17-10-22-49-43(48)54)51-44(55)58-27-37-33-13-6-4-11-31(33)32-12-5-7-14-34(32)37/h4-9,11-16,18-21,23,29,37-38H,10,17,22,24-27H2,1-3H3,(H,50,53)(H,51,55)(H3,48,49,54)/t29-,38?/m1/s1. The highest BCUT2D eigenvalue weighted by Gasteiger charge is 2.37. The second kappa shape index (κ2) is 17.7. The first kappa shape index (κ1) is 40.9. The Hall–Kier alpha value is -6.27. The van der Waals surface area contributed by atoms with Crippen LogP contribution in [-0.2, 0) is 20.9 Å². The van der Waals surface area contributed by atoms with Crippen LogP contribution in [0.5, 0.6) is 5.75 Å². The number of halogens is 1. The largest absolute Gasteiger partial charge is 0.488 e. The maximum Gasteiger partial charge on any atom is 0.414 e. The molecule has 12 nitrogen and oxygen atoms in total. The van der Waals surface area contributed by atoms with E-state index in [9.17, 15) is 19.2 Å². The molecule has 0 saturated carbocycles. The first-order valence-corrected chi connectivity index (χ1v) is 20.2. The Balaban J connectivity index is 1.01. The van der Waals surface area contributed by atoms with Crippen LogP contribution in [0.25, 0.3) is 21.9 Å². The Morgan fingerprint density at radius 1 is 0.881 bits per heavy atom. The lowest BCUT2D eigenvalue weighted by Crippen LogP contribution is -2.44. The monoisotopic (exact) mass is 817 g/mol. The third-order valence-electron chi connectivity index (χ3n) is 10.5. The van der Waals surface area contributed by atoms with Gasteiger partial charge in [-0.15, -0.1) is 11.6 Å². The molecule has 2 atom stereocenters. The van der Waals surface area contributed by atoms with Gasteiger partial charge in [0, 0.05) is 47.9 Å². The fourth-order valence-corrected chi connectivity index (χ4v) is 8.04. The van der Waals surface area contributed by atoms with Gasteiger partial charge < -0.3 is 35.9 Å². The zero-order chi connectivity index (χ0) is 41.7. The van der Waals surface area contributed by atoms with Gasteiger partial charge in [0.05, 0.1) is 5.69 Å². The van der Waals surface area contributed by atoms with Crippen LogP contribution < -0.4 is 31.3 Å². The van der Waals surface area contributed by atoms with Crippen LogP contribution in [-0.4, -0.2) is 61.3 Å². The predicted octanol–water partition coefficient (Wildman–Crippen LogP) is 8.79. The summed E-state index contributed by atoms with van der Waals surface area (Å²) in [6, 6.07) is 31.4. The van der Waals surface area contributed by atoms with E-state index in [-0.39, 0.29) is 38.0 Å². The minimum absolute atomic E-state index is 0.0681. The van der Waals surface area contributed by atoms with Crippen molar-refractivity contribution in [3.63, 3.8) is 0 Å². The van der Waals surface area contributed by atoms with Crippen LogP contribution in [0, 0.1) is 0 Å². The lowest BCUT2D eigenvalue weighted by Gasteiger charge is -2.25. The van der Waals surface area contributed by atoms with Crippen molar-refractivity contribution >= 4 is 57.9 Å². The first-order chi connectivity index (χ1) is 28.4. The molecule has 0 fully saturated rings. The van der Waals surface area contributed by atoms with Crippen molar-refractivity contribution < 1.29 is 33.4 Å². The van der Waals surface area contributed by atoms with E-state index in [1.165, 1.54) is 0 Å². The summed E-state index contributed by atoms with van der Waals surface area (Å²) >= 11 is 6.43. The number of hydrogen-bond donors (Lipinski definition) is 4. The number of nitrogens with two attached hydrogens (primary N) is 1. The molecule has 1 unspecified atom stereocenters. The van der Waals surface area contributed by atoms with Gasteiger partial charge in [0.1, 0.15) is 30.6 Å². The van der Waals surface area contributed by atoms with Gasteiger partial charge in [0.25, 0.3) is 0 Å². The number of anilines is 2. The maximum absolute atomic E-state index is 13.6. The van der Waals surface area contributed by atoms with Gasteiger partial charge in [-0.25, -0.2) is 14.4 Å². The van der Waals surface area contributed by atoms with Gasteiger partial charge in [0.15, 0.2) is 0 Å². The van der Waals surface area contributed by atoms with E-state index in [0.29, 0.717) is 36.0 Å². The number of nitrogens with zero attached hydrogens (tertiary/aromatic N) is 1. The van der Waals surface area contributed by atoms with Crippen LogP contribution in [0.4, 0.5) is 25.8 Å². The van der Waals surface area contributed by atoms with E-state index in [0.717, 1.165) is 44.2 Å². The molecule has 0 aromatic heterocycles. The lowest BCUT2D eigenvalue weighted by atomic mass is 9.95. The van der Waals surface area contributed by atoms with E-state index in [2.05, 4.69) is 28.1 Å². The molecule has 2 aliphatic rings. The number of alkyl carbamates (subject to hydrolysis) is 1. The number of rotatable bonds is 13. The number of fused-ring (bicyclic) bond motifs is 6. The zero-order valence-corrected chi connectivity index (χ0v) is 34.0. The predicted molar refractivity (Wildman–Crippen MR) is 229 cm³/mol. The highest BCUT2D eigenvalue weighted by Crippen LogP contribution is 2.47. The number of nitrogens with one attached hydrogen (secondary N) is 3. The quantitative estimate of drug-likeness (QED) is 0.0682. The molecule has 5 aromatic rings. The summed E-state index contributed by atoms with van der Waals surface area (Å²) in [5.41, 5.74) is 12.0. The number of carbonyl (C=O) groups excluding carboxylic acids is 4. The third kappa shape index (κ3) is 9.39. The Bertz CT molecular complexity index is 2320. The van der Waals surface area contributed by atoms with E-state index >= 15 is 0 Å². The van der Waals surface area contributed by atoms with Crippen molar-refractivity contribution in [1.29, 1.82) is 0 Å². The van der Waals surface area contributed by atoms with Gasteiger partial charge in [-0.2, -0.15) is 0 Å². The normalized spacial score (nSPS) is 14.8. The van der Waals surface area contributed by atoms with Crippen LogP contribution in [0.2, 0.25) is 0 Å². The van der Waals surface area contributed by atoms with E-state index in [4.69, 9.17) is 31.5 Å². The second-order valence-corrected chi connectivity index (χ2v) is 16.0. The molecular formula is C46H48ClN5O7. The summed E-state index contributed by atoms with van der Waals surface area (Å²) in [4.78, 5) is 53.0. The molecule has 5 aromatic carbocycles. The molecule has 7 rings (SSSR count). The molecular weight excluding hydrogens is 770 g/mol. The topological polar surface area (TPSA) is 161 Å². The van der Waals surface area contributed by atoms with Crippen LogP contribution in [0.1, 0.15) is 67.7 Å². The molecule has 5 N–H and O–H groups in total. The van der Waals surface area contributed by atoms with E-state index in [1.807, 2.05) is 99.6 Å².